The van der Waals surface area contributed by atoms with E-state index in [1.54, 1.807) is 11.2 Å². The molecule has 1 unspecified atom stereocenters. The summed E-state index contributed by atoms with van der Waals surface area (Å²) in [4.78, 5) is 26.1. The van der Waals surface area contributed by atoms with Crippen LogP contribution in [0.3, 0.4) is 0 Å². The monoisotopic (exact) mass is 342 g/mol. The lowest BCUT2D eigenvalue weighted by molar-refractivity contribution is -0.126. The molecule has 2 amide bonds. The van der Waals surface area contributed by atoms with Gasteiger partial charge in [0.1, 0.15) is 12.4 Å². The average Bonchev–Trinajstić information content (AvgIpc) is 3.28. The molecule has 3 rings (SSSR count). The van der Waals surface area contributed by atoms with E-state index in [1.807, 2.05) is 42.5 Å². The lowest BCUT2D eigenvalue weighted by Crippen LogP contribution is -2.33. The number of ether oxygens (including phenoxy) is 1. The number of nitrogens with one attached hydrogen (secondary N) is 1. The molecular formula is C19H22N2O4. The molecule has 0 spiro atoms. The maximum atomic E-state index is 12.2. The first kappa shape index (κ1) is 17.2. The van der Waals surface area contributed by atoms with E-state index in [-0.39, 0.29) is 24.2 Å². The largest absolute Gasteiger partial charge is 0.467 e. The number of carbonyl (C=O) groups excluding carboxylic acids is 2. The highest BCUT2D eigenvalue weighted by atomic mass is 16.5. The van der Waals surface area contributed by atoms with Gasteiger partial charge in [0.25, 0.3) is 0 Å². The van der Waals surface area contributed by atoms with Crippen LogP contribution in [0.15, 0.2) is 53.1 Å². The van der Waals surface area contributed by atoms with Gasteiger partial charge in [-0.3, -0.25) is 9.59 Å². The Balaban J connectivity index is 1.35. The third-order valence-corrected chi connectivity index (χ3v) is 4.15. The number of para-hydroxylation sites is 1. The zero-order valence-corrected chi connectivity index (χ0v) is 14.0. The lowest BCUT2D eigenvalue weighted by Gasteiger charge is -2.16. The van der Waals surface area contributed by atoms with Gasteiger partial charge in [0.05, 0.1) is 12.2 Å². The van der Waals surface area contributed by atoms with Gasteiger partial charge in [0, 0.05) is 31.8 Å². The van der Waals surface area contributed by atoms with Crippen LogP contribution < -0.4 is 10.2 Å². The van der Waals surface area contributed by atoms with Crippen LogP contribution in [0.4, 0.5) is 5.69 Å². The standard InChI is InChI=1S/C19H22N2O4/c22-18-12-15(13-21(18)16-6-2-1-3-7-16)19(23)20-9-5-10-24-14-17-8-4-11-25-17/h1-4,6-8,11,15H,5,9-10,12-14H2,(H,20,23). The number of furan rings is 1. The molecule has 0 bridgehead atoms. The summed E-state index contributed by atoms with van der Waals surface area (Å²) in [6, 6.07) is 13.1. The smallest absolute Gasteiger partial charge is 0.227 e. The number of rotatable bonds is 8. The number of amides is 2. The quantitative estimate of drug-likeness (QED) is 0.748. The number of hydrogen-bond acceptors (Lipinski definition) is 4. The topological polar surface area (TPSA) is 71.8 Å². The minimum absolute atomic E-state index is 0.00636. The van der Waals surface area contributed by atoms with Crippen LogP contribution in [0.25, 0.3) is 0 Å². The van der Waals surface area contributed by atoms with Gasteiger partial charge >= 0.3 is 0 Å². The van der Waals surface area contributed by atoms with Crippen LogP contribution in [0.2, 0.25) is 0 Å². The normalized spacial score (nSPS) is 17.0. The summed E-state index contributed by atoms with van der Waals surface area (Å²) in [6.07, 6.45) is 2.59. The van der Waals surface area contributed by atoms with Gasteiger partial charge in [-0.1, -0.05) is 18.2 Å². The van der Waals surface area contributed by atoms with Crippen LogP contribution in [0.5, 0.6) is 0 Å². The van der Waals surface area contributed by atoms with Crippen LogP contribution in [-0.2, 0) is 20.9 Å². The minimum atomic E-state index is -0.295. The summed E-state index contributed by atoms with van der Waals surface area (Å²) in [5.41, 5.74) is 0.842. The molecule has 1 fully saturated rings. The Morgan fingerprint density at radius 3 is 2.84 bits per heavy atom. The maximum absolute atomic E-state index is 12.2. The average molecular weight is 342 g/mol. The van der Waals surface area contributed by atoms with Crippen molar-refractivity contribution >= 4 is 17.5 Å². The van der Waals surface area contributed by atoms with Crippen molar-refractivity contribution in [2.75, 3.05) is 24.6 Å². The molecule has 2 aromatic rings. The van der Waals surface area contributed by atoms with E-state index in [0.29, 0.717) is 26.3 Å². The fourth-order valence-electron chi connectivity index (χ4n) is 2.84. The predicted molar refractivity (Wildman–Crippen MR) is 92.9 cm³/mol. The fourth-order valence-corrected chi connectivity index (χ4v) is 2.84. The Morgan fingerprint density at radius 2 is 2.08 bits per heavy atom. The van der Waals surface area contributed by atoms with E-state index in [4.69, 9.17) is 9.15 Å². The molecule has 1 aliphatic rings. The molecule has 0 aliphatic carbocycles. The number of nitrogens with zero attached hydrogens (tertiary/aromatic N) is 1. The third-order valence-electron chi connectivity index (χ3n) is 4.15. The molecule has 1 atom stereocenters. The van der Waals surface area contributed by atoms with Crippen molar-refractivity contribution in [2.45, 2.75) is 19.4 Å². The SMILES string of the molecule is O=C(NCCCOCc1ccco1)C1CC(=O)N(c2ccccc2)C1. The Bertz CT molecular complexity index is 685. The van der Waals surface area contributed by atoms with E-state index < -0.39 is 0 Å². The summed E-state index contributed by atoms with van der Waals surface area (Å²) >= 11 is 0. The van der Waals surface area contributed by atoms with Gasteiger partial charge in [-0.2, -0.15) is 0 Å². The van der Waals surface area contributed by atoms with Crippen molar-refractivity contribution in [3.8, 4) is 0 Å². The molecule has 6 heteroatoms. The summed E-state index contributed by atoms with van der Waals surface area (Å²) < 4.78 is 10.6. The zero-order chi connectivity index (χ0) is 17.5. The molecule has 1 saturated heterocycles. The van der Waals surface area contributed by atoms with Gasteiger partial charge in [-0.05, 0) is 30.7 Å². The molecule has 1 aromatic carbocycles. The molecule has 0 radical (unpaired) electrons. The van der Waals surface area contributed by atoms with E-state index in [0.717, 1.165) is 17.9 Å². The van der Waals surface area contributed by atoms with E-state index in [1.165, 1.54) is 0 Å². The highest BCUT2D eigenvalue weighted by molar-refractivity contribution is 6.00. The zero-order valence-electron chi connectivity index (χ0n) is 14.0. The predicted octanol–water partition coefficient (Wildman–Crippen LogP) is 2.36. The second kappa shape index (κ2) is 8.48. The lowest BCUT2D eigenvalue weighted by atomic mass is 10.1. The molecule has 1 aromatic heterocycles. The fraction of sp³-hybridized carbons (Fsp3) is 0.368. The number of anilines is 1. The Morgan fingerprint density at radius 1 is 1.24 bits per heavy atom. The first-order chi connectivity index (χ1) is 12.2. The second-order valence-electron chi connectivity index (χ2n) is 6.02. The third kappa shape index (κ3) is 4.70. The van der Waals surface area contributed by atoms with Crippen LogP contribution >= 0.6 is 0 Å². The van der Waals surface area contributed by atoms with Crippen molar-refractivity contribution < 1.29 is 18.7 Å². The molecule has 132 valence electrons. The van der Waals surface area contributed by atoms with E-state index >= 15 is 0 Å². The molecule has 2 heterocycles. The molecule has 1 aliphatic heterocycles. The maximum Gasteiger partial charge on any atom is 0.227 e. The van der Waals surface area contributed by atoms with Crippen LogP contribution in [0.1, 0.15) is 18.6 Å². The molecule has 6 nitrogen and oxygen atoms in total. The van der Waals surface area contributed by atoms with Gasteiger partial charge in [-0.25, -0.2) is 0 Å². The highest BCUT2D eigenvalue weighted by Gasteiger charge is 2.34. The minimum Gasteiger partial charge on any atom is -0.467 e. The Labute approximate surface area is 146 Å². The van der Waals surface area contributed by atoms with E-state index in [9.17, 15) is 9.59 Å². The van der Waals surface area contributed by atoms with Crippen molar-refractivity contribution in [1.82, 2.24) is 5.32 Å². The number of benzene rings is 1. The molecule has 25 heavy (non-hydrogen) atoms. The molecular weight excluding hydrogens is 320 g/mol. The molecule has 0 saturated carbocycles. The van der Waals surface area contributed by atoms with Crippen molar-refractivity contribution in [2.24, 2.45) is 5.92 Å². The van der Waals surface area contributed by atoms with Crippen LogP contribution in [-0.4, -0.2) is 31.5 Å². The molecule has 1 N–H and O–H groups in total. The summed E-state index contributed by atoms with van der Waals surface area (Å²) in [5, 5.41) is 2.89. The highest BCUT2D eigenvalue weighted by Crippen LogP contribution is 2.24. The summed E-state index contributed by atoms with van der Waals surface area (Å²) in [7, 11) is 0. The Hall–Kier alpha value is -2.60. The van der Waals surface area contributed by atoms with Crippen molar-refractivity contribution in [1.29, 1.82) is 0 Å². The first-order valence-corrected chi connectivity index (χ1v) is 8.47. The van der Waals surface area contributed by atoms with Crippen LogP contribution in [0, 0.1) is 5.92 Å². The van der Waals surface area contributed by atoms with Gasteiger partial charge in [-0.15, -0.1) is 0 Å². The second-order valence-corrected chi connectivity index (χ2v) is 6.02. The van der Waals surface area contributed by atoms with Crippen molar-refractivity contribution in [3.05, 3.63) is 54.5 Å². The Kier molecular flexibility index (Phi) is 5.85. The summed E-state index contributed by atoms with van der Waals surface area (Å²) in [6.45, 7) is 1.95. The summed E-state index contributed by atoms with van der Waals surface area (Å²) in [5.74, 6) is 0.414. The van der Waals surface area contributed by atoms with Crippen molar-refractivity contribution in [3.63, 3.8) is 0 Å². The van der Waals surface area contributed by atoms with Gasteiger partial charge in [0.2, 0.25) is 11.8 Å². The number of hydrogen-bond donors (Lipinski definition) is 1. The van der Waals surface area contributed by atoms with Gasteiger partial charge in [0.15, 0.2) is 0 Å². The van der Waals surface area contributed by atoms with E-state index in [2.05, 4.69) is 5.32 Å². The number of carbonyl (C=O) groups is 2. The first-order valence-electron chi connectivity index (χ1n) is 8.47. The van der Waals surface area contributed by atoms with Gasteiger partial charge < -0.3 is 19.4 Å².